The Labute approximate surface area is 175 Å². The Morgan fingerprint density at radius 3 is 2.60 bits per heavy atom. The molecule has 1 aromatic carbocycles. The van der Waals surface area contributed by atoms with Crippen LogP contribution in [0.5, 0.6) is 0 Å². The summed E-state index contributed by atoms with van der Waals surface area (Å²) in [7, 11) is 0. The Balaban J connectivity index is 1.44. The van der Waals surface area contributed by atoms with Gasteiger partial charge in [0.15, 0.2) is 0 Å². The van der Waals surface area contributed by atoms with Crippen molar-refractivity contribution in [3.8, 4) is 22.5 Å². The van der Waals surface area contributed by atoms with Crippen LogP contribution in [0.4, 0.5) is 0 Å². The molecule has 5 rings (SSSR count). The number of aromatic nitrogens is 3. The number of piperidine rings is 1. The number of amides is 1. The molecule has 0 aliphatic carbocycles. The van der Waals surface area contributed by atoms with Gasteiger partial charge in [-0.1, -0.05) is 43.3 Å². The second-order valence-electron chi connectivity index (χ2n) is 8.09. The van der Waals surface area contributed by atoms with Crippen molar-refractivity contribution in [1.82, 2.24) is 19.9 Å². The second kappa shape index (κ2) is 7.75. The summed E-state index contributed by atoms with van der Waals surface area (Å²) in [4.78, 5) is 27.5. The van der Waals surface area contributed by atoms with Crippen LogP contribution in [0.15, 0.2) is 66.9 Å². The molecule has 0 radical (unpaired) electrons. The van der Waals surface area contributed by atoms with E-state index in [1.165, 1.54) is 0 Å². The fourth-order valence-electron chi connectivity index (χ4n) is 4.02. The van der Waals surface area contributed by atoms with Gasteiger partial charge in [-0.15, -0.1) is 0 Å². The van der Waals surface area contributed by atoms with Crippen LogP contribution in [0, 0.1) is 5.92 Å². The van der Waals surface area contributed by atoms with Crippen molar-refractivity contribution < 1.29 is 4.79 Å². The first kappa shape index (κ1) is 18.6. The van der Waals surface area contributed by atoms with Crippen LogP contribution in [0.3, 0.4) is 0 Å². The Morgan fingerprint density at radius 1 is 1.00 bits per heavy atom. The summed E-state index contributed by atoms with van der Waals surface area (Å²) in [6, 6.07) is 20.0. The van der Waals surface area contributed by atoms with Crippen molar-refractivity contribution >= 4 is 16.9 Å². The van der Waals surface area contributed by atoms with Crippen molar-refractivity contribution in [2.75, 3.05) is 13.1 Å². The molecule has 3 aromatic heterocycles. The number of benzene rings is 1. The summed E-state index contributed by atoms with van der Waals surface area (Å²) < 4.78 is 0. The van der Waals surface area contributed by atoms with Crippen LogP contribution in [-0.2, 0) is 0 Å². The summed E-state index contributed by atoms with van der Waals surface area (Å²) in [6.45, 7) is 3.87. The molecule has 1 fully saturated rings. The van der Waals surface area contributed by atoms with Crippen LogP contribution in [0.1, 0.15) is 30.3 Å². The zero-order valence-corrected chi connectivity index (χ0v) is 17.0. The van der Waals surface area contributed by atoms with E-state index in [1.807, 2.05) is 41.4 Å². The fraction of sp³-hybridized carbons (Fsp3) is 0.240. The highest BCUT2D eigenvalue weighted by molar-refractivity contribution is 5.93. The largest absolute Gasteiger partial charge is 0.339 e. The Morgan fingerprint density at radius 2 is 1.80 bits per heavy atom. The third kappa shape index (κ3) is 3.59. The molecule has 4 heterocycles. The summed E-state index contributed by atoms with van der Waals surface area (Å²) in [6.07, 6.45) is 3.93. The number of pyridine rings is 2. The lowest BCUT2D eigenvalue weighted by Crippen LogP contribution is -2.38. The highest BCUT2D eigenvalue weighted by atomic mass is 16.2. The van der Waals surface area contributed by atoms with Crippen molar-refractivity contribution in [2.45, 2.75) is 19.8 Å². The van der Waals surface area contributed by atoms with E-state index in [0.717, 1.165) is 59.5 Å². The molecule has 1 aliphatic heterocycles. The number of carbonyl (C=O) groups excluding carboxylic acids is 1. The molecular formula is C25H24N4O. The lowest BCUT2D eigenvalue weighted by Gasteiger charge is -2.30. The van der Waals surface area contributed by atoms with E-state index in [-0.39, 0.29) is 5.91 Å². The van der Waals surface area contributed by atoms with E-state index in [4.69, 9.17) is 0 Å². The Hall–Kier alpha value is -3.47. The molecule has 5 heteroatoms. The summed E-state index contributed by atoms with van der Waals surface area (Å²) in [5, 5.41) is 1.02. The quantitative estimate of drug-likeness (QED) is 0.520. The van der Waals surface area contributed by atoms with Gasteiger partial charge in [-0.2, -0.15) is 0 Å². The van der Waals surface area contributed by atoms with Crippen LogP contribution in [0.25, 0.3) is 33.5 Å². The molecule has 0 spiro atoms. The number of nitrogens with zero attached hydrogens (tertiary/aromatic N) is 3. The van der Waals surface area contributed by atoms with Crippen LogP contribution in [-0.4, -0.2) is 38.8 Å². The molecule has 0 atom stereocenters. The second-order valence-corrected chi connectivity index (χ2v) is 8.09. The molecule has 1 aliphatic rings. The average molecular weight is 396 g/mol. The third-order valence-corrected chi connectivity index (χ3v) is 5.89. The monoisotopic (exact) mass is 396 g/mol. The van der Waals surface area contributed by atoms with Crippen molar-refractivity contribution in [3.63, 3.8) is 0 Å². The lowest BCUT2D eigenvalue weighted by molar-refractivity contribution is 0.0691. The van der Waals surface area contributed by atoms with E-state index in [0.29, 0.717) is 11.6 Å². The van der Waals surface area contributed by atoms with Gasteiger partial charge in [0, 0.05) is 35.9 Å². The third-order valence-electron chi connectivity index (χ3n) is 5.89. The van der Waals surface area contributed by atoms with E-state index in [1.54, 1.807) is 6.07 Å². The number of hydrogen-bond acceptors (Lipinski definition) is 3. The number of fused-ring (bicyclic) bond motifs is 1. The number of carbonyl (C=O) groups is 1. The number of aromatic amines is 1. The molecule has 1 amide bonds. The Bertz CT molecular complexity index is 1190. The minimum atomic E-state index is 0.0193. The van der Waals surface area contributed by atoms with Crippen LogP contribution in [0.2, 0.25) is 0 Å². The molecule has 1 N–H and O–H groups in total. The van der Waals surface area contributed by atoms with Gasteiger partial charge >= 0.3 is 0 Å². The topological polar surface area (TPSA) is 61.9 Å². The van der Waals surface area contributed by atoms with E-state index in [2.05, 4.69) is 46.1 Å². The maximum atomic E-state index is 12.9. The van der Waals surface area contributed by atoms with Crippen LogP contribution < -0.4 is 0 Å². The minimum absolute atomic E-state index is 0.0193. The first-order valence-electron chi connectivity index (χ1n) is 10.5. The molecular weight excluding hydrogens is 372 g/mol. The molecule has 0 bridgehead atoms. The first-order chi connectivity index (χ1) is 14.7. The van der Waals surface area contributed by atoms with Gasteiger partial charge in [0.25, 0.3) is 5.91 Å². The minimum Gasteiger partial charge on any atom is -0.339 e. The van der Waals surface area contributed by atoms with Gasteiger partial charge in [0.1, 0.15) is 11.3 Å². The summed E-state index contributed by atoms with van der Waals surface area (Å²) in [5.41, 5.74) is 5.17. The van der Waals surface area contributed by atoms with Gasteiger partial charge < -0.3 is 9.88 Å². The van der Waals surface area contributed by atoms with Gasteiger partial charge in [0.05, 0.1) is 5.69 Å². The Kier molecular flexibility index (Phi) is 4.79. The zero-order valence-electron chi connectivity index (χ0n) is 17.0. The predicted octanol–water partition coefficient (Wildman–Crippen LogP) is 5.16. The van der Waals surface area contributed by atoms with Crippen LogP contribution >= 0.6 is 0 Å². The molecule has 0 unspecified atom stereocenters. The van der Waals surface area contributed by atoms with E-state index >= 15 is 0 Å². The lowest BCUT2D eigenvalue weighted by atomic mass is 9.99. The standard InChI is InChI=1S/C25H24N4O/c1-17-10-12-29(13-11-17)25(30)22-9-5-8-21(27-22)20-14-19-15-23(28-24(19)26-16-20)18-6-3-2-4-7-18/h2-9,14-17H,10-13H2,1H3,(H,26,28). The first-order valence-corrected chi connectivity index (χ1v) is 10.5. The van der Waals surface area contributed by atoms with E-state index in [9.17, 15) is 4.79 Å². The molecule has 1 saturated heterocycles. The van der Waals surface area contributed by atoms with Crippen molar-refractivity contribution in [2.24, 2.45) is 5.92 Å². The van der Waals surface area contributed by atoms with Crippen molar-refractivity contribution in [1.29, 1.82) is 0 Å². The zero-order chi connectivity index (χ0) is 20.5. The number of rotatable bonds is 3. The highest BCUT2D eigenvalue weighted by Crippen LogP contribution is 2.27. The average Bonchev–Trinajstić information content (AvgIpc) is 3.23. The molecule has 5 nitrogen and oxygen atoms in total. The summed E-state index contributed by atoms with van der Waals surface area (Å²) in [5.74, 6) is 0.707. The number of nitrogens with one attached hydrogen (secondary N) is 1. The van der Waals surface area contributed by atoms with Gasteiger partial charge in [-0.25, -0.2) is 9.97 Å². The van der Waals surface area contributed by atoms with Gasteiger partial charge in [-0.3, -0.25) is 4.79 Å². The molecule has 4 aromatic rings. The highest BCUT2D eigenvalue weighted by Gasteiger charge is 2.22. The number of hydrogen-bond donors (Lipinski definition) is 1. The molecule has 30 heavy (non-hydrogen) atoms. The predicted molar refractivity (Wildman–Crippen MR) is 119 cm³/mol. The number of H-pyrrole nitrogens is 1. The van der Waals surface area contributed by atoms with E-state index < -0.39 is 0 Å². The molecule has 0 saturated carbocycles. The van der Waals surface area contributed by atoms with Gasteiger partial charge in [0.2, 0.25) is 0 Å². The number of likely N-dealkylation sites (tertiary alicyclic amines) is 1. The smallest absolute Gasteiger partial charge is 0.272 e. The summed E-state index contributed by atoms with van der Waals surface area (Å²) >= 11 is 0. The molecule has 150 valence electrons. The fourth-order valence-corrected chi connectivity index (χ4v) is 4.02. The maximum Gasteiger partial charge on any atom is 0.272 e. The van der Waals surface area contributed by atoms with Crippen molar-refractivity contribution in [3.05, 3.63) is 72.6 Å². The van der Waals surface area contributed by atoms with Gasteiger partial charge in [-0.05, 0) is 48.6 Å². The normalized spacial score (nSPS) is 14.9. The maximum absolute atomic E-state index is 12.9. The SMILES string of the molecule is CC1CCN(C(=O)c2cccc(-c3cnc4[nH]c(-c5ccccc5)cc4c3)n2)CC1.